The van der Waals surface area contributed by atoms with Crippen LogP contribution in [0.5, 0.6) is 0 Å². The molecule has 20 heavy (non-hydrogen) atoms. The monoisotopic (exact) mass is 287 g/mol. The molecular formula is C15H13NO3S. The van der Waals surface area contributed by atoms with E-state index in [0.717, 1.165) is 11.1 Å². The Balaban J connectivity index is 2.25. The van der Waals surface area contributed by atoms with Crippen molar-refractivity contribution in [1.29, 1.82) is 0 Å². The summed E-state index contributed by atoms with van der Waals surface area (Å²) in [5.41, 5.74) is 2.39. The van der Waals surface area contributed by atoms with E-state index in [1.54, 1.807) is 6.92 Å². The van der Waals surface area contributed by atoms with Gasteiger partial charge in [0.15, 0.2) is 0 Å². The maximum absolute atomic E-state index is 11.0. The Morgan fingerprint density at radius 3 is 3.00 bits per heavy atom. The number of terminal acetylenes is 1. The van der Waals surface area contributed by atoms with Crippen LogP contribution < -0.4 is 0 Å². The number of hydrogen-bond donors (Lipinski definition) is 1. The molecular weight excluding hydrogens is 274 g/mol. The third kappa shape index (κ3) is 3.23. The molecule has 0 aliphatic rings. The standard InChI is InChI=1S/C15H13NO3S/c1-3-7-19-9-11-5-4-6-12(8-11)14-16-10(2)13(20-14)15(17)18/h1,4-6,8H,7,9H2,2H3,(H,17,18). The average molecular weight is 287 g/mol. The van der Waals surface area contributed by atoms with Crippen LogP contribution in [0.25, 0.3) is 10.6 Å². The highest BCUT2D eigenvalue weighted by Gasteiger charge is 2.15. The number of carboxylic acids is 1. The smallest absolute Gasteiger partial charge is 0.347 e. The van der Waals surface area contributed by atoms with Gasteiger partial charge in [0, 0.05) is 5.56 Å². The van der Waals surface area contributed by atoms with Crippen molar-refractivity contribution in [2.75, 3.05) is 6.61 Å². The van der Waals surface area contributed by atoms with Crippen LogP contribution >= 0.6 is 11.3 Å². The van der Waals surface area contributed by atoms with E-state index in [1.165, 1.54) is 11.3 Å². The molecule has 1 aromatic heterocycles. The Hall–Kier alpha value is -2.16. The third-order valence-electron chi connectivity index (χ3n) is 2.62. The van der Waals surface area contributed by atoms with Crippen molar-refractivity contribution in [2.24, 2.45) is 0 Å². The lowest BCUT2D eigenvalue weighted by Crippen LogP contribution is -1.94. The van der Waals surface area contributed by atoms with Crippen LogP contribution in [0.4, 0.5) is 0 Å². The Labute approximate surface area is 121 Å². The number of aromatic nitrogens is 1. The fraction of sp³-hybridized carbons (Fsp3) is 0.200. The van der Waals surface area contributed by atoms with Crippen LogP contribution in [0.1, 0.15) is 20.9 Å². The Bertz CT molecular complexity index is 670. The normalized spacial score (nSPS) is 10.2. The quantitative estimate of drug-likeness (QED) is 0.678. The molecule has 102 valence electrons. The Morgan fingerprint density at radius 1 is 1.55 bits per heavy atom. The molecule has 2 aromatic rings. The van der Waals surface area contributed by atoms with E-state index in [-0.39, 0.29) is 11.5 Å². The second-order valence-electron chi connectivity index (χ2n) is 4.14. The van der Waals surface area contributed by atoms with Crippen LogP contribution in [0.15, 0.2) is 24.3 Å². The number of ether oxygens (including phenoxy) is 1. The highest BCUT2D eigenvalue weighted by atomic mass is 32.1. The summed E-state index contributed by atoms with van der Waals surface area (Å²) in [7, 11) is 0. The zero-order valence-electron chi connectivity index (χ0n) is 10.9. The molecule has 0 aliphatic carbocycles. The van der Waals surface area contributed by atoms with Gasteiger partial charge in [0.05, 0.1) is 12.3 Å². The molecule has 2 rings (SSSR count). The predicted octanol–water partition coefficient (Wildman–Crippen LogP) is 2.97. The minimum atomic E-state index is -0.945. The first-order valence-electron chi connectivity index (χ1n) is 5.93. The summed E-state index contributed by atoms with van der Waals surface area (Å²) < 4.78 is 5.28. The number of aromatic carboxylic acids is 1. The summed E-state index contributed by atoms with van der Waals surface area (Å²) in [4.78, 5) is 15.6. The van der Waals surface area contributed by atoms with E-state index in [0.29, 0.717) is 17.3 Å². The van der Waals surface area contributed by atoms with Gasteiger partial charge in [-0.3, -0.25) is 0 Å². The molecule has 0 radical (unpaired) electrons. The topological polar surface area (TPSA) is 59.4 Å². The molecule has 0 aliphatic heterocycles. The summed E-state index contributed by atoms with van der Waals surface area (Å²) in [5, 5.41) is 9.75. The van der Waals surface area contributed by atoms with E-state index in [2.05, 4.69) is 10.9 Å². The maximum Gasteiger partial charge on any atom is 0.347 e. The van der Waals surface area contributed by atoms with Gasteiger partial charge in [0.1, 0.15) is 16.5 Å². The molecule has 0 spiro atoms. The SMILES string of the molecule is C#CCOCc1cccc(-c2nc(C)c(C(=O)O)s2)c1. The number of hydrogen-bond acceptors (Lipinski definition) is 4. The summed E-state index contributed by atoms with van der Waals surface area (Å²) in [6.45, 7) is 2.39. The molecule has 0 amide bonds. The first-order chi connectivity index (χ1) is 9.61. The van der Waals surface area contributed by atoms with Crippen molar-refractivity contribution in [3.63, 3.8) is 0 Å². The summed E-state index contributed by atoms with van der Waals surface area (Å²) >= 11 is 1.17. The highest BCUT2D eigenvalue weighted by molar-refractivity contribution is 7.17. The molecule has 0 fully saturated rings. The van der Waals surface area contributed by atoms with Crippen molar-refractivity contribution in [2.45, 2.75) is 13.5 Å². The second kappa shape index (κ2) is 6.33. The van der Waals surface area contributed by atoms with Gasteiger partial charge in [0.2, 0.25) is 0 Å². The van der Waals surface area contributed by atoms with Crippen LogP contribution in [-0.4, -0.2) is 22.7 Å². The zero-order chi connectivity index (χ0) is 14.5. The van der Waals surface area contributed by atoms with Crippen molar-refractivity contribution in [3.8, 4) is 22.9 Å². The largest absolute Gasteiger partial charge is 0.477 e. The number of benzene rings is 1. The van der Waals surface area contributed by atoms with Crippen molar-refractivity contribution in [3.05, 3.63) is 40.4 Å². The van der Waals surface area contributed by atoms with Crippen LogP contribution in [0.2, 0.25) is 0 Å². The molecule has 0 unspecified atom stereocenters. The molecule has 4 nitrogen and oxygen atoms in total. The molecule has 0 saturated heterocycles. The van der Waals surface area contributed by atoms with Crippen molar-refractivity contribution < 1.29 is 14.6 Å². The van der Waals surface area contributed by atoms with E-state index in [1.807, 2.05) is 24.3 Å². The molecule has 0 saturated carbocycles. The fourth-order valence-electron chi connectivity index (χ4n) is 1.74. The first kappa shape index (κ1) is 14.3. The van der Waals surface area contributed by atoms with E-state index in [9.17, 15) is 4.79 Å². The van der Waals surface area contributed by atoms with Gasteiger partial charge in [-0.05, 0) is 18.6 Å². The Kier molecular flexibility index (Phi) is 4.51. The number of carbonyl (C=O) groups is 1. The van der Waals surface area contributed by atoms with Crippen LogP contribution in [-0.2, 0) is 11.3 Å². The van der Waals surface area contributed by atoms with Crippen LogP contribution in [0.3, 0.4) is 0 Å². The van der Waals surface area contributed by atoms with Crippen molar-refractivity contribution >= 4 is 17.3 Å². The lowest BCUT2D eigenvalue weighted by Gasteiger charge is -2.03. The van der Waals surface area contributed by atoms with E-state index in [4.69, 9.17) is 16.3 Å². The van der Waals surface area contributed by atoms with Gasteiger partial charge in [-0.2, -0.15) is 0 Å². The number of thiazole rings is 1. The minimum Gasteiger partial charge on any atom is -0.477 e. The maximum atomic E-state index is 11.0. The number of nitrogens with zero attached hydrogens (tertiary/aromatic N) is 1. The predicted molar refractivity (Wildman–Crippen MR) is 77.7 cm³/mol. The molecule has 1 aromatic carbocycles. The molecule has 5 heteroatoms. The van der Waals surface area contributed by atoms with E-state index >= 15 is 0 Å². The average Bonchev–Trinajstić information content (AvgIpc) is 2.82. The lowest BCUT2D eigenvalue weighted by atomic mass is 10.1. The summed E-state index contributed by atoms with van der Waals surface area (Å²) in [6.07, 6.45) is 5.12. The van der Waals surface area contributed by atoms with Gasteiger partial charge in [-0.15, -0.1) is 17.8 Å². The minimum absolute atomic E-state index is 0.268. The molecule has 1 N–H and O–H groups in total. The van der Waals surface area contributed by atoms with Gasteiger partial charge in [-0.1, -0.05) is 24.1 Å². The Morgan fingerprint density at radius 2 is 2.35 bits per heavy atom. The summed E-state index contributed by atoms with van der Waals surface area (Å²) in [5.74, 6) is 1.47. The van der Waals surface area contributed by atoms with Gasteiger partial charge >= 0.3 is 5.97 Å². The van der Waals surface area contributed by atoms with E-state index < -0.39 is 5.97 Å². The number of aryl methyl sites for hydroxylation is 1. The molecule has 0 bridgehead atoms. The zero-order valence-corrected chi connectivity index (χ0v) is 11.7. The third-order valence-corrected chi connectivity index (χ3v) is 3.81. The van der Waals surface area contributed by atoms with Gasteiger partial charge in [0.25, 0.3) is 0 Å². The molecule has 0 atom stereocenters. The van der Waals surface area contributed by atoms with Gasteiger partial charge < -0.3 is 9.84 Å². The second-order valence-corrected chi connectivity index (χ2v) is 5.14. The number of carboxylic acid groups (broad SMARTS) is 1. The summed E-state index contributed by atoms with van der Waals surface area (Å²) in [6, 6.07) is 7.65. The van der Waals surface area contributed by atoms with Gasteiger partial charge in [-0.25, -0.2) is 9.78 Å². The molecule has 1 heterocycles. The first-order valence-corrected chi connectivity index (χ1v) is 6.74. The number of rotatable bonds is 5. The highest BCUT2D eigenvalue weighted by Crippen LogP contribution is 2.28. The lowest BCUT2D eigenvalue weighted by molar-refractivity contribution is 0.0701. The van der Waals surface area contributed by atoms with Crippen molar-refractivity contribution in [1.82, 2.24) is 4.98 Å². The van der Waals surface area contributed by atoms with Crippen LogP contribution in [0, 0.1) is 19.3 Å². The fourth-order valence-corrected chi connectivity index (χ4v) is 2.64.